The zero-order valence-electron chi connectivity index (χ0n) is 13.0. The zero-order valence-corrected chi connectivity index (χ0v) is 13.0. The summed E-state index contributed by atoms with van der Waals surface area (Å²) >= 11 is 0. The number of hydrogen-bond acceptors (Lipinski definition) is 2. The van der Waals surface area contributed by atoms with Crippen molar-refractivity contribution in [1.29, 1.82) is 0 Å². The standard InChI is InChI=1S/C17H28N2/c1-12-6-7-16(10-13(12)2)15(4)18-17-8-9-19(5)11-14(17)3/h6-7,10,14-15,17-18H,8-9,11H2,1-5H3. The molecule has 1 heterocycles. The predicted octanol–water partition coefficient (Wildman–Crippen LogP) is 3.29. The van der Waals surface area contributed by atoms with Gasteiger partial charge in [0, 0.05) is 18.6 Å². The summed E-state index contributed by atoms with van der Waals surface area (Å²) in [6, 6.07) is 7.91. The molecule has 1 fully saturated rings. The Kier molecular flexibility index (Phi) is 4.64. The molecule has 19 heavy (non-hydrogen) atoms. The van der Waals surface area contributed by atoms with Crippen LogP contribution in [-0.4, -0.2) is 31.1 Å². The first-order valence-electron chi connectivity index (χ1n) is 7.49. The van der Waals surface area contributed by atoms with Crippen LogP contribution in [-0.2, 0) is 0 Å². The highest BCUT2D eigenvalue weighted by Gasteiger charge is 2.25. The third kappa shape index (κ3) is 3.58. The topological polar surface area (TPSA) is 15.3 Å². The number of rotatable bonds is 3. The second-order valence-corrected chi connectivity index (χ2v) is 6.37. The van der Waals surface area contributed by atoms with E-state index < -0.39 is 0 Å². The van der Waals surface area contributed by atoms with Crippen LogP contribution in [0.2, 0.25) is 0 Å². The van der Waals surface area contributed by atoms with Gasteiger partial charge in [-0.15, -0.1) is 0 Å². The summed E-state index contributed by atoms with van der Waals surface area (Å²) < 4.78 is 0. The van der Waals surface area contributed by atoms with E-state index in [2.05, 4.69) is 63.2 Å². The van der Waals surface area contributed by atoms with Crippen LogP contribution >= 0.6 is 0 Å². The molecule has 1 aromatic carbocycles. The molecule has 106 valence electrons. The monoisotopic (exact) mass is 260 g/mol. The Bertz CT molecular complexity index is 427. The maximum atomic E-state index is 3.83. The van der Waals surface area contributed by atoms with E-state index in [4.69, 9.17) is 0 Å². The summed E-state index contributed by atoms with van der Waals surface area (Å²) in [5.74, 6) is 0.729. The highest BCUT2D eigenvalue weighted by Crippen LogP contribution is 2.22. The molecule has 3 unspecified atom stereocenters. The molecule has 0 radical (unpaired) electrons. The fraction of sp³-hybridized carbons (Fsp3) is 0.647. The van der Waals surface area contributed by atoms with Crippen molar-refractivity contribution in [2.45, 2.75) is 46.2 Å². The molecule has 0 bridgehead atoms. The summed E-state index contributed by atoms with van der Waals surface area (Å²) in [4.78, 5) is 2.43. The Morgan fingerprint density at radius 3 is 2.63 bits per heavy atom. The zero-order chi connectivity index (χ0) is 14.0. The molecule has 1 aliphatic heterocycles. The van der Waals surface area contributed by atoms with Gasteiger partial charge in [0.25, 0.3) is 0 Å². The molecular weight excluding hydrogens is 232 g/mol. The normalized spacial score (nSPS) is 26.4. The highest BCUT2D eigenvalue weighted by molar-refractivity contribution is 5.31. The van der Waals surface area contributed by atoms with Gasteiger partial charge in [0.2, 0.25) is 0 Å². The first-order chi connectivity index (χ1) is 8.97. The van der Waals surface area contributed by atoms with E-state index >= 15 is 0 Å². The van der Waals surface area contributed by atoms with E-state index in [1.807, 2.05) is 0 Å². The van der Waals surface area contributed by atoms with E-state index in [0.717, 1.165) is 5.92 Å². The van der Waals surface area contributed by atoms with E-state index in [-0.39, 0.29) is 0 Å². The number of hydrogen-bond donors (Lipinski definition) is 1. The van der Waals surface area contributed by atoms with Gasteiger partial charge in [-0.05, 0) is 63.4 Å². The van der Waals surface area contributed by atoms with Crippen LogP contribution in [0.25, 0.3) is 0 Å². The Hall–Kier alpha value is -0.860. The quantitative estimate of drug-likeness (QED) is 0.897. The van der Waals surface area contributed by atoms with E-state index in [9.17, 15) is 0 Å². The van der Waals surface area contributed by atoms with Gasteiger partial charge >= 0.3 is 0 Å². The number of aryl methyl sites for hydroxylation is 2. The maximum Gasteiger partial charge on any atom is 0.0294 e. The number of likely N-dealkylation sites (tertiary alicyclic amines) is 1. The second kappa shape index (κ2) is 6.06. The van der Waals surface area contributed by atoms with Crippen molar-refractivity contribution < 1.29 is 0 Å². The molecule has 2 rings (SSSR count). The average Bonchev–Trinajstić information content (AvgIpc) is 2.36. The average molecular weight is 260 g/mol. The van der Waals surface area contributed by atoms with E-state index in [1.54, 1.807) is 0 Å². The Morgan fingerprint density at radius 2 is 2.00 bits per heavy atom. The smallest absolute Gasteiger partial charge is 0.0294 e. The van der Waals surface area contributed by atoms with Gasteiger partial charge in [-0.3, -0.25) is 0 Å². The SMILES string of the molecule is Cc1ccc(C(C)NC2CCN(C)CC2C)cc1C. The fourth-order valence-corrected chi connectivity index (χ4v) is 3.05. The van der Waals surface area contributed by atoms with Crippen molar-refractivity contribution in [1.82, 2.24) is 10.2 Å². The summed E-state index contributed by atoms with van der Waals surface area (Å²) in [5.41, 5.74) is 4.18. The Labute approximate surface area is 118 Å². The van der Waals surface area contributed by atoms with Crippen molar-refractivity contribution in [3.05, 3.63) is 34.9 Å². The van der Waals surface area contributed by atoms with Crippen LogP contribution in [0.3, 0.4) is 0 Å². The highest BCUT2D eigenvalue weighted by atomic mass is 15.1. The van der Waals surface area contributed by atoms with Crippen LogP contribution in [0.4, 0.5) is 0 Å². The van der Waals surface area contributed by atoms with Crippen LogP contribution in [0.5, 0.6) is 0 Å². The van der Waals surface area contributed by atoms with Crippen molar-refractivity contribution in [3.63, 3.8) is 0 Å². The van der Waals surface area contributed by atoms with Gasteiger partial charge in [-0.1, -0.05) is 25.1 Å². The lowest BCUT2D eigenvalue weighted by atomic mass is 9.92. The second-order valence-electron chi connectivity index (χ2n) is 6.37. The molecule has 3 atom stereocenters. The first-order valence-corrected chi connectivity index (χ1v) is 7.49. The summed E-state index contributed by atoms with van der Waals surface area (Å²) in [6.45, 7) is 11.4. The Balaban J connectivity index is 2.00. The lowest BCUT2D eigenvalue weighted by molar-refractivity contribution is 0.168. The predicted molar refractivity (Wildman–Crippen MR) is 82.5 cm³/mol. The molecule has 0 saturated carbocycles. The van der Waals surface area contributed by atoms with E-state index in [0.29, 0.717) is 12.1 Å². The number of piperidine rings is 1. The van der Waals surface area contributed by atoms with Crippen molar-refractivity contribution in [3.8, 4) is 0 Å². The molecule has 2 nitrogen and oxygen atoms in total. The van der Waals surface area contributed by atoms with Crippen molar-refractivity contribution in [2.75, 3.05) is 20.1 Å². The third-order valence-electron chi connectivity index (χ3n) is 4.60. The van der Waals surface area contributed by atoms with Gasteiger partial charge in [-0.25, -0.2) is 0 Å². The minimum atomic E-state index is 0.440. The minimum Gasteiger partial charge on any atom is -0.307 e. The fourth-order valence-electron chi connectivity index (χ4n) is 3.05. The molecule has 1 aliphatic rings. The molecule has 1 saturated heterocycles. The molecule has 0 aromatic heterocycles. The molecular formula is C17H28N2. The number of nitrogens with zero attached hydrogens (tertiary/aromatic N) is 1. The summed E-state index contributed by atoms with van der Waals surface area (Å²) in [7, 11) is 2.22. The Morgan fingerprint density at radius 1 is 1.26 bits per heavy atom. The van der Waals surface area contributed by atoms with Crippen molar-refractivity contribution >= 4 is 0 Å². The molecule has 0 spiro atoms. The molecule has 0 amide bonds. The summed E-state index contributed by atoms with van der Waals surface area (Å²) in [5, 5.41) is 3.83. The summed E-state index contributed by atoms with van der Waals surface area (Å²) in [6.07, 6.45) is 1.26. The van der Waals surface area contributed by atoms with Crippen LogP contribution in [0, 0.1) is 19.8 Å². The third-order valence-corrected chi connectivity index (χ3v) is 4.60. The van der Waals surface area contributed by atoms with E-state index in [1.165, 1.54) is 36.2 Å². The molecule has 1 N–H and O–H groups in total. The van der Waals surface area contributed by atoms with Crippen LogP contribution in [0.15, 0.2) is 18.2 Å². The molecule has 1 aromatic rings. The minimum absolute atomic E-state index is 0.440. The molecule has 0 aliphatic carbocycles. The van der Waals surface area contributed by atoms with Crippen LogP contribution < -0.4 is 5.32 Å². The van der Waals surface area contributed by atoms with Gasteiger partial charge in [0.15, 0.2) is 0 Å². The number of nitrogens with one attached hydrogen (secondary N) is 1. The number of benzene rings is 1. The van der Waals surface area contributed by atoms with Crippen LogP contribution in [0.1, 0.15) is 43.0 Å². The maximum absolute atomic E-state index is 3.83. The van der Waals surface area contributed by atoms with Gasteiger partial charge < -0.3 is 10.2 Å². The van der Waals surface area contributed by atoms with Gasteiger partial charge in [0.1, 0.15) is 0 Å². The van der Waals surface area contributed by atoms with Gasteiger partial charge in [-0.2, -0.15) is 0 Å². The molecule has 2 heteroatoms. The lowest BCUT2D eigenvalue weighted by Gasteiger charge is -2.37. The van der Waals surface area contributed by atoms with Gasteiger partial charge in [0.05, 0.1) is 0 Å². The first kappa shape index (κ1) is 14.5. The lowest BCUT2D eigenvalue weighted by Crippen LogP contribution is -2.47. The largest absolute Gasteiger partial charge is 0.307 e. The van der Waals surface area contributed by atoms with Crippen molar-refractivity contribution in [2.24, 2.45) is 5.92 Å².